The van der Waals surface area contributed by atoms with E-state index in [0.717, 1.165) is 27.8 Å². The molecule has 1 aromatic carbocycles. The van der Waals surface area contributed by atoms with Crippen LogP contribution in [0.25, 0.3) is 22.2 Å². The molecule has 1 aliphatic rings. The fraction of sp³-hybridized carbons (Fsp3) is 0.333. The molecule has 0 saturated heterocycles. The number of nitrogens with zero attached hydrogens (tertiary/aromatic N) is 2. The molecule has 0 radical (unpaired) electrons. The Balaban J connectivity index is 1.84. The molecule has 5 heteroatoms. The maximum Gasteiger partial charge on any atom is 0.126 e. The first-order valence-corrected chi connectivity index (χ1v) is 8.18. The second-order valence-electron chi connectivity index (χ2n) is 6.38. The van der Waals surface area contributed by atoms with Crippen LogP contribution in [0.1, 0.15) is 31.2 Å². The number of aromatic amines is 1. The second kappa shape index (κ2) is 5.57. The molecule has 0 amide bonds. The highest BCUT2D eigenvalue weighted by Crippen LogP contribution is 2.33. The van der Waals surface area contributed by atoms with Crippen molar-refractivity contribution in [2.75, 3.05) is 11.1 Å². The average molecular weight is 307 g/mol. The van der Waals surface area contributed by atoms with Gasteiger partial charge in [-0.05, 0) is 43.5 Å². The van der Waals surface area contributed by atoms with Crippen LogP contribution >= 0.6 is 0 Å². The number of aryl methyl sites for hydroxylation is 1. The number of H-pyrrole nitrogens is 1. The van der Waals surface area contributed by atoms with Crippen molar-refractivity contribution < 1.29 is 0 Å². The first kappa shape index (κ1) is 14.1. The number of nitrogen functional groups attached to an aromatic ring is 1. The molecule has 0 unspecified atom stereocenters. The predicted molar refractivity (Wildman–Crippen MR) is 94.4 cm³/mol. The van der Waals surface area contributed by atoms with Gasteiger partial charge in [-0.3, -0.25) is 5.10 Å². The zero-order valence-corrected chi connectivity index (χ0v) is 13.3. The summed E-state index contributed by atoms with van der Waals surface area (Å²) in [5.74, 6) is 0.555. The third kappa shape index (κ3) is 2.63. The van der Waals surface area contributed by atoms with Crippen molar-refractivity contribution in [1.29, 1.82) is 0 Å². The van der Waals surface area contributed by atoms with Crippen LogP contribution in [-0.2, 0) is 0 Å². The van der Waals surface area contributed by atoms with Crippen molar-refractivity contribution in [2.45, 2.75) is 38.6 Å². The molecule has 4 N–H and O–H groups in total. The molecule has 0 bridgehead atoms. The predicted octanol–water partition coefficient (Wildman–Crippen LogP) is 3.87. The Morgan fingerprint density at radius 3 is 2.78 bits per heavy atom. The average Bonchev–Trinajstić information content (AvgIpc) is 3.19. The molecule has 0 spiro atoms. The van der Waals surface area contributed by atoms with Gasteiger partial charge in [-0.25, -0.2) is 4.98 Å². The Bertz CT molecular complexity index is 832. The van der Waals surface area contributed by atoms with Crippen molar-refractivity contribution in [3.63, 3.8) is 0 Å². The van der Waals surface area contributed by atoms with Crippen LogP contribution in [0.5, 0.6) is 0 Å². The maximum absolute atomic E-state index is 6.05. The van der Waals surface area contributed by atoms with E-state index in [1.54, 1.807) is 6.20 Å². The maximum atomic E-state index is 6.05. The first-order chi connectivity index (χ1) is 11.2. The molecule has 5 nitrogen and oxygen atoms in total. The van der Waals surface area contributed by atoms with E-state index in [2.05, 4.69) is 39.6 Å². The number of hydrogen-bond acceptors (Lipinski definition) is 4. The van der Waals surface area contributed by atoms with Gasteiger partial charge < -0.3 is 11.1 Å². The number of anilines is 2. The largest absolute Gasteiger partial charge is 0.384 e. The van der Waals surface area contributed by atoms with Gasteiger partial charge in [-0.2, -0.15) is 5.10 Å². The Morgan fingerprint density at radius 2 is 2.04 bits per heavy atom. The summed E-state index contributed by atoms with van der Waals surface area (Å²) in [6.45, 7) is 2.12. The van der Waals surface area contributed by atoms with Gasteiger partial charge in [-0.15, -0.1) is 0 Å². The van der Waals surface area contributed by atoms with E-state index in [0.29, 0.717) is 11.9 Å². The minimum absolute atomic E-state index is 0.548. The van der Waals surface area contributed by atoms with Gasteiger partial charge in [0.15, 0.2) is 0 Å². The van der Waals surface area contributed by atoms with Crippen molar-refractivity contribution in [1.82, 2.24) is 15.2 Å². The summed E-state index contributed by atoms with van der Waals surface area (Å²) < 4.78 is 0. The highest BCUT2D eigenvalue weighted by Gasteiger charge is 2.17. The van der Waals surface area contributed by atoms with Gasteiger partial charge in [-0.1, -0.05) is 12.8 Å². The molecule has 1 aliphatic carbocycles. The molecular formula is C18H21N5. The molecule has 2 heterocycles. The Kier molecular flexibility index (Phi) is 3.41. The lowest BCUT2D eigenvalue weighted by atomic mass is 10.0. The van der Waals surface area contributed by atoms with E-state index in [4.69, 9.17) is 5.73 Å². The molecule has 118 valence electrons. The first-order valence-electron chi connectivity index (χ1n) is 8.18. The van der Waals surface area contributed by atoms with Gasteiger partial charge in [0.1, 0.15) is 5.82 Å². The van der Waals surface area contributed by atoms with Crippen LogP contribution < -0.4 is 11.1 Å². The van der Waals surface area contributed by atoms with Crippen molar-refractivity contribution >= 4 is 22.4 Å². The van der Waals surface area contributed by atoms with Gasteiger partial charge in [0, 0.05) is 34.9 Å². The fourth-order valence-corrected chi connectivity index (χ4v) is 3.57. The van der Waals surface area contributed by atoms with Gasteiger partial charge in [0.05, 0.1) is 11.2 Å². The Morgan fingerprint density at radius 1 is 1.22 bits per heavy atom. The number of fused-ring (bicyclic) bond motifs is 1. The van der Waals surface area contributed by atoms with Gasteiger partial charge in [0.2, 0.25) is 0 Å². The zero-order valence-electron chi connectivity index (χ0n) is 13.3. The molecule has 23 heavy (non-hydrogen) atoms. The molecule has 0 atom stereocenters. The summed E-state index contributed by atoms with van der Waals surface area (Å²) in [5, 5.41) is 11.9. The van der Waals surface area contributed by atoms with Crippen molar-refractivity contribution in [2.24, 2.45) is 0 Å². The summed E-state index contributed by atoms with van der Waals surface area (Å²) in [5.41, 5.74) is 11.3. The van der Waals surface area contributed by atoms with Gasteiger partial charge in [0.25, 0.3) is 0 Å². The smallest absolute Gasteiger partial charge is 0.126 e. The van der Waals surface area contributed by atoms with Crippen molar-refractivity contribution in [3.05, 3.63) is 36.0 Å². The number of nitrogens with two attached hydrogens (primary N) is 1. The fourth-order valence-electron chi connectivity index (χ4n) is 3.57. The summed E-state index contributed by atoms with van der Waals surface area (Å²) in [6, 6.07) is 8.72. The minimum Gasteiger partial charge on any atom is -0.384 e. The molecule has 2 aromatic heterocycles. The van der Waals surface area contributed by atoms with Crippen LogP contribution in [0, 0.1) is 6.92 Å². The Hall–Kier alpha value is -2.56. The number of nitrogens with one attached hydrogen (secondary N) is 2. The van der Waals surface area contributed by atoms with E-state index in [1.807, 2.05) is 12.1 Å². The number of rotatable bonds is 3. The quantitative estimate of drug-likeness (QED) is 0.686. The molecule has 0 aliphatic heterocycles. The monoisotopic (exact) mass is 307 g/mol. The third-order valence-corrected chi connectivity index (χ3v) is 4.65. The van der Waals surface area contributed by atoms with E-state index in [9.17, 15) is 0 Å². The van der Waals surface area contributed by atoms with Crippen LogP contribution in [0.3, 0.4) is 0 Å². The van der Waals surface area contributed by atoms with Crippen LogP contribution in [0.4, 0.5) is 11.5 Å². The van der Waals surface area contributed by atoms with E-state index in [-0.39, 0.29) is 0 Å². The lowest BCUT2D eigenvalue weighted by molar-refractivity contribution is 0.756. The van der Waals surface area contributed by atoms with E-state index >= 15 is 0 Å². The normalized spacial score (nSPS) is 15.3. The van der Waals surface area contributed by atoms with Crippen LogP contribution in [0.15, 0.2) is 30.5 Å². The van der Waals surface area contributed by atoms with Crippen LogP contribution in [0.2, 0.25) is 0 Å². The third-order valence-electron chi connectivity index (χ3n) is 4.65. The molecule has 1 fully saturated rings. The number of aromatic nitrogens is 3. The lowest BCUT2D eigenvalue weighted by Crippen LogP contribution is -2.15. The van der Waals surface area contributed by atoms with E-state index < -0.39 is 0 Å². The standard InChI is InChI=1S/C18H21N5/c1-11-8-12(14-6-7-20-23-14)9-15-18(11)16(10-17(19)22-15)21-13-4-2-3-5-13/h6-10,13H,2-5H2,1H3,(H,20,23)(H3,19,21,22). The lowest BCUT2D eigenvalue weighted by Gasteiger charge is -2.18. The highest BCUT2D eigenvalue weighted by atomic mass is 15.1. The second-order valence-corrected chi connectivity index (χ2v) is 6.38. The number of pyridine rings is 1. The molecule has 4 rings (SSSR count). The summed E-state index contributed by atoms with van der Waals surface area (Å²) in [6.07, 6.45) is 6.83. The van der Waals surface area contributed by atoms with Crippen LogP contribution in [-0.4, -0.2) is 21.2 Å². The minimum atomic E-state index is 0.548. The zero-order chi connectivity index (χ0) is 15.8. The Labute approximate surface area is 135 Å². The topological polar surface area (TPSA) is 79.6 Å². The highest BCUT2D eigenvalue weighted by molar-refractivity contribution is 5.97. The number of benzene rings is 1. The number of hydrogen-bond donors (Lipinski definition) is 3. The molecule has 1 saturated carbocycles. The van der Waals surface area contributed by atoms with Gasteiger partial charge >= 0.3 is 0 Å². The summed E-state index contributed by atoms with van der Waals surface area (Å²) in [7, 11) is 0. The summed E-state index contributed by atoms with van der Waals surface area (Å²) >= 11 is 0. The van der Waals surface area contributed by atoms with Crippen molar-refractivity contribution in [3.8, 4) is 11.3 Å². The summed E-state index contributed by atoms with van der Waals surface area (Å²) in [4.78, 5) is 4.55. The van der Waals surface area contributed by atoms with E-state index in [1.165, 1.54) is 31.2 Å². The molecular weight excluding hydrogens is 286 g/mol. The SMILES string of the molecule is Cc1cc(-c2ccn[nH]2)cc2nc(N)cc(NC3CCCC3)c12. The molecule has 3 aromatic rings.